The summed E-state index contributed by atoms with van der Waals surface area (Å²) < 4.78 is 1.70. The Bertz CT molecular complexity index is 808. The van der Waals surface area contributed by atoms with Crippen molar-refractivity contribution in [2.45, 2.75) is 64.4 Å². The molecule has 2 aromatic heterocycles. The van der Waals surface area contributed by atoms with E-state index in [1.807, 2.05) is 41.5 Å². The molecule has 1 unspecified atom stereocenters. The van der Waals surface area contributed by atoms with Crippen molar-refractivity contribution in [1.82, 2.24) is 14.9 Å². The van der Waals surface area contributed by atoms with E-state index in [-0.39, 0.29) is 22.8 Å². The summed E-state index contributed by atoms with van der Waals surface area (Å²) in [5, 5.41) is 3.92. The molecule has 0 aromatic carbocycles. The van der Waals surface area contributed by atoms with Crippen molar-refractivity contribution < 1.29 is 4.79 Å². The zero-order valence-corrected chi connectivity index (χ0v) is 16.7. The van der Waals surface area contributed by atoms with Crippen LogP contribution in [0.3, 0.4) is 0 Å². The topological polar surface area (TPSA) is 64.0 Å². The molecule has 0 saturated heterocycles. The van der Waals surface area contributed by atoms with E-state index in [0.717, 1.165) is 21.7 Å². The van der Waals surface area contributed by atoms with Gasteiger partial charge in [0, 0.05) is 17.5 Å². The molecule has 1 N–H and O–H groups in total. The lowest BCUT2D eigenvalue weighted by atomic mass is 10.2. The van der Waals surface area contributed by atoms with Gasteiger partial charge in [-0.15, -0.1) is 11.3 Å². The van der Waals surface area contributed by atoms with Gasteiger partial charge in [-0.1, -0.05) is 18.7 Å². The van der Waals surface area contributed by atoms with Crippen molar-refractivity contribution in [2.24, 2.45) is 0 Å². The van der Waals surface area contributed by atoms with Crippen LogP contribution in [0.25, 0.3) is 10.2 Å². The van der Waals surface area contributed by atoms with Crippen LogP contribution in [0.2, 0.25) is 0 Å². The standard InChI is InChI=1S/C17H25N3O2S2/c1-7-8-18-14(21)12(6)24-17-19-15-13(10(4)11(5)23-15)16(22)20(17)9(2)3/h9,12H,7-8H2,1-6H3,(H,18,21). The number of hydrogen-bond acceptors (Lipinski definition) is 5. The molecule has 0 aliphatic carbocycles. The minimum absolute atomic E-state index is 0.0117. The van der Waals surface area contributed by atoms with E-state index in [1.54, 1.807) is 4.57 Å². The second-order valence-electron chi connectivity index (χ2n) is 6.18. The van der Waals surface area contributed by atoms with Crippen LogP contribution < -0.4 is 10.9 Å². The predicted octanol–water partition coefficient (Wildman–Crippen LogP) is 3.66. The zero-order chi connectivity index (χ0) is 18.0. The van der Waals surface area contributed by atoms with Crippen LogP contribution in [0, 0.1) is 13.8 Å². The van der Waals surface area contributed by atoms with Crippen LogP contribution in [0.15, 0.2) is 9.95 Å². The molecule has 0 spiro atoms. The molecule has 0 bridgehead atoms. The van der Waals surface area contributed by atoms with E-state index in [0.29, 0.717) is 17.1 Å². The van der Waals surface area contributed by atoms with E-state index in [4.69, 9.17) is 4.98 Å². The van der Waals surface area contributed by atoms with Crippen molar-refractivity contribution in [3.05, 3.63) is 20.8 Å². The lowest BCUT2D eigenvalue weighted by Crippen LogP contribution is -2.32. The van der Waals surface area contributed by atoms with Crippen LogP contribution >= 0.6 is 23.1 Å². The molecule has 2 aromatic rings. The van der Waals surface area contributed by atoms with Crippen LogP contribution in [0.1, 0.15) is 50.6 Å². The van der Waals surface area contributed by atoms with Gasteiger partial charge in [0.1, 0.15) is 4.83 Å². The highest BCUT2D eigenvalue weighted by Crippen LogP contribution is 2.30. The number of nitrogens with zero attached hydrogens (tertiary/aromatic N) is 2. The first-order valence-electron chi connectivity index (χ1n) is 8.24. The highest BCUT2D eigenvalue weighted by molar-refractivity contribution is 8.00. The summed E-state index contributed by atoms with van der Waals surface area (Å²) in [6.07, 6.45) is 0.901. The number of aryl methyl sites for hydroxylation is 2. The van der Waals surface area contributed by atoms with Gasteiger partial charge in [-0.05, 0) is 46.6 Å². The number of fused-ring (bicyclic) bond motifs is 1. The highest BCUT2D eigenvalue weighted by atomic mass is 32.2. The Morgan fingerprint density at radius 1 is 1.33 bits per heavy atom. The largest absolute Gasteiger partial charge is 0.355 e. The molecule has 5 nitrogen and oxygen atoms in total. The number of amides is 1. The first-order chi connectivity index (χ1) is 11.3. The maximum Gasteiger partial charge on any atom is 0.263 e. The summed E-state index contributed by atoms with van der Waals surface area (Å²) >= 11 is 2.89. The summed E-state index contributed by atoms with van der Waals surface area (Å²) in [6, 6.07) is -0.0117. The molecule has 24 heavy (non-hydrogen) atoms. The average molecular weight is 368 g/mol. The number of thioether (sulfide) groups is 1. The van der Waals surface area contributed by atoms with E-state index in [9.17, 15) is 9.59 Å². The molecule has 132 valence electrons. The summed E-state index contributed by atoms with van der Waals surface area (Å²) in [5.74, 6) is -0.0231. The summed E-state index contributed by atoms with van der Waals surface area (Å²) in [6.45, 7) is 12.4. The van der Waals surface area contributed by atoms with Gasteiger partial charge in [0.05, 0.1) is 10.6 Å². The summed E-state index contributed by atoms with van der Waals surface area (Å²) in [5.41, 5.74) is 0.993. The van der Waals surface area contributed by atoms with Crippen molar-refractivity contribution in [2.75, 3.05) is 6.54 Å². The number of carbonyl (C=O) groups excluding carboxylic acids is 1. The van der Waals surface area contributed by atoms with E-state index in [1.165, 1.54) is 23.1 Å². The van der Waals surface area contributed by atoms with Crippen molar-refractivity contribution in [3.8, 4) is 0 Å². The highest BCUT2D eigenvalue weighted by Gasteiger charge is 2.22. The van der Waals surface area contributed by atoms with Gasteiger partial charge in [0.2, 0.25) is 5.91 Å². The molecule has 0 radical (unpaired) electrons. The molecule has 7 heteroatoms. The van der Waals surface area contributed by atoms with E-state index in [2.05, 4.69) is 5.32 Å². The summed E-state index contributed by atoms with van der Waals surface area (Å²) in [4.78, 5) is 31.7. The fourth-order valence-corrected chi connectivity index (χ4v) is 4.57. The Morgan fingerprint density at radius 2 is 2.00 bits per heavy atom. The molecule has 1 atom stereocenters. The van der Waals surface area contributed by atoms with Crippen molar-refractivity contribution in [1.29, 1.82) is 0 Å². The Morgan fingerprint density at radius 3 is 2.58 bits per heavy atom. The first-order valence-corrected chi connectivity index (χ1v) is 9.94. The number of thiophene rings is 1. The number of hydrogen-bond donors (Lipinski definition) is 1. The molecule has 1 amide bonds. The first kappa shape index (κ1) is 19.0. The molecular formula is C17H25N3O2S2. The second kappa shape index (κ2) is 7.70. The fraction of sp³-hybridized carbons (Fsp3) is 0.588. The Labute approximate surface area is 150 Å². The maximum atomic E-state index is 13.0. The van der Waals surface area contributed by atoms with Gasteiger partial charge in [-0.3, -0.25) is 14.2 Å². The number of aromatic nitrogens is 2. The van der Waals surface area contributed by atoms with Gasteiger partial charge in [0.25, 0.3) is 5.56 Å². The van der Waals surface area contributed by atoms with Crippen LogP contribution in [-0.4, -0.2) is 27.3 Å². The smallest absolute Gasteiger partial charge is 0.263 e. The Balaban J connectivity index is 2.47. The maximum absolute atomic E-state index is 13.0. The van der Waals surface area contributed by atoms with Crippen molar-refractivity contribution >= 4 is 39.2 Å². The SMILES string of the molecule is CCCNC(=O)C(C)Sc1nc2sc(C)c(C)c2c(=O)n1C(C)C. The van der Waals surface area contributed by atoms with E-state index >= 15 is 0 Å². The summed E-state index contributed by atoms with van der Waals surface area (Å²) in [7, 11) is 0. The lowest BCUT2D eigenvalue weighted by molar-refractivity contribution is -0.120. The number of carbonyl (C=O) groups is 1. The van der Waals surface area contributed by atoms with E-state index < -0.39 is 0 Å². The quantitative estimate of drug-likeness (QED) is 0.625. The second-order valence-corrected chi connectivity index (χ2v) is 8.69. The van der Waals surface area contributed by atoms with Crippen LogP contribution in [0.5, 0.6) is 0 Å². The minimum atomic E-state index is -0.298. The molecule has 2 rings (SSSR count). The third kappa shape index (κ3) is 3.67. The fourth-order valence-electron chi connectivity index (χ4n) is 2.43. The number of rotatable bonds is 6. The molecule has 0 saturated carbocycles. The van der Waals surface area contributed by atoms with Gasteiger partial charge in [0.15, 0.2) is 5.16 Å². The molecule has 0 aliphatic heterocycles. The molecular weight excluding hydrogens is 342 g/mol. The third-order valence-electron chi connectivity index (χ3n) is 3.92. The minimum Gasteiger partial charge on any atom is -0.355 e. The van der Waals surface area contributed by atoms with Gasteiger partial charge >= 0.3 is 0 Å². The average Bonchev–Trinajstić information content (AvgIpc) is 2.79. The monoisotopic (exact) mass is 367 g/mol. The van der Waals surface area contributed by atoms with Crippen molar-refractivity contribution in [3.63, 3.8) is 0 Å². The number of nitrogens with one attached hydrogen (secondary N) is 1. The molecule has 0 fully saturated rings. The van der Waals surface area contributed by atoms with Gasteiger partial charge in [-0.25, -0.2) is 4.98 Å². The van der Waals surface area contributed by atoms with Gasteiger partial charge in [-0.2, -0.15) is 0 Å². The lowest BCUT2D eigenvalue weighted by Gasteiger charge is -2.18. The van der Waals surface area contributed by atoms with Gasteiger partial charge < -0.3 is 5.32 Å². The molecule has 0 aliphatic rings. The third-order valence-corrected chi connectivity index (χ3v) is 6.09. The molecule has 2 heterocycles. The van der Waals surface area contributed by atoms with Crippen LogP contribution in [0.4, 0.5) is 0 Å². The zero-order valence-electron chi connectivity index (χ0n) is 15.1. The Kier molecular flexibility index (Phi) is 6.09. The Hall–Kier alpha value is -1.34. The normalized spacial score (nSPS) is 12.8. The van der Waals surface area contributed by atoms with Crippen LogP contribution in [-0.2, 0) is 4.79 Å². The predicted molar refractivity (Wildman–Crippen MR) is 102 cm³/mol.